The second-order valence-corrected chi connectivity index (χ2v) is 4.51. The van der Waals surface area contributed by atoms with Gasteiger partial charge in [-0.15, -0.1) is 0 Å². The van der Waals surface area contributed by atoms with Crippen LogP contribution in [0.4, 0.5) is 0 Å². The summed E-state index contributed by atoms with van der Waals surface area (Å²) in [5, 5.41) is 9.21. The Morgan fingerprint density at radius 2 is 2.20 bits per heavy atom. The maximum absolute atomic E-state index is 10.8. The first-order chi connectivity index (χ1) is 7.16. The van der Waals surface area contributed by atoms with E-state index in [-0.39, 0.29) is 5.56 Å². The Hall–Kier alpha value is -1.02. The highest BCUT2D eigenvalue weighted by molar-refractivity contribution is 6.33. The van der Waals surface area contributed by atoms with Crippen molar-refractivity contribution in [1.82, 2.24) is 0 Å². The van der Waals surface area contributed by atoms with Crippen LogP contribution in [0, 0.1) is 5.92 Å². The van der Waals surface area contributed by atoms with Gasteiger partial charge in [-0.05, 0) is 36.5 Å². The molecule has 0 saturated heterocycles. The van der Waals surface area contributed by atoms with Crippen molar-refractivity contribution in [3.63, 3.8) is 0 Å². The van der Waals surface area contributed by atoms with Crippen LogP contribution in [-0.4, -0.2) is 11.1 Å². The zero-order chi connectivity index (χ0) is 10.8. The third kappa shape index (κ3) is 2.72. The van der Waals surface area contributed by atoms with E-state index in [0.717, 1.165) is 17.9 Å². The van der Waals surface area contributed by atoms with Gasteiger partial charge in [0.1, 0.15) is 0 Å². The highest BCUT2D eigenvalue weighted by Crippen LogP contribution is 2.33. The summed E-state index contributed by atoms with van der Waals surface area (Å²) in [6.45, 7) is 0. The first-order valence-corrected chi connectivity index (χ1v) is 5.56. The molecule has 0 heterocycles. The molecule has 0 atom stereocenters. The zero-order valence-corrected chi connectivity index (χ0v) is 9.13. The normalized spacial score (nSPS) is 15.3. The van der Waals surface area contributed by atoms with E-state index in [1.54, 1.807) is 12.1 Å². The van der Waals surface area contributed by atoms with Crippen LogP contribution in [-0.2, 0) is 6.42 Å². The van der Waals surface area contributed by atoms with Gasteiger partial charge in [0, 0.05) is 0 Å². The lowest BCUT2D eigenvalue weighted by Crippen LogP contribution is -1.99. The number of hydrogen-bond donors (Lipinski definition) is 1. The minimum Gasteiger partial charge on any atom is -0.478 e. The number of carboxylic acid groups (broad SMARTS) is 1. The van der Waals surface area contributed by atoms with E-state index in [9.17, 15) is 4.79 Å². The summed E-state index contributed by atoms with van der Waals surface area (Å²) in [6.07, 6.45) is 4.79. The molecular formula is C12H13ClO2. The topological polar surface area (TPSA) is 37.3 Å². The van der Waals surface area contributed by atoms with Crippen LogP contribution in [0.1, 0.15) is 35.2 Å². The van der Waals surface area contributed by atoms with Crippen molar-refractivity contribution in [2.75, 3.05) is 0 Å². The Balaban J connectivity index is 2.10. The Labute approximate surface area is 93.9 Å². The average molecular weight is 225 g/mol. The second kappa shape index (κ2) is 4.23. The van der Waals surface area contributed by atoms with Gasteiger partial charge in [0.05, 0.1) is 10.6 Å². The molecule has 2 rings (SSSR count). The number of hydrogen-bond acceptors (Lipinski definition) is 1. The van der Waals surface area contributed by atoms with Crippen LogP contribution < -0.4 is 0 Å². The lowest BCUT2D eigenvalue weighted by atomic mass is 10.0. The summed E-state index contributed by atoms with van der Waals surface area (Å²) >= 11 is 5.79. The SMILES string of the molecule is O=C(O)c1cc(CCC2CC2)ccc1Cl. The number of carboxylic acids is 1. The van der Waals surface area contributed by atoms with E-state index in [4.69, 9.17) is 16.7 Å². The molecule has 2 nitrogen and oxygen atoms in total. The molecule has 0 aliphatic heterocycles. The summed E-state index contributed by atoms with van der Waals surface area (Å²) in [4.78, 5) is 10.8. The molecule has 1 aromatic carbocycles. The molecule has 1 fully saturated rings. The van der Waals surface area contributed by atoms with Gasteiger partial charge >= 0.3 is 5.97 Å². The maximum Gasteiger partial charge on any atom is 0.337 e. The number of halogens is 1. The van der Waals surface area contributed by atoms with E-state index >= 15 is 0 Å². The Bertz CT molecular complexity index is 383. The molecule has 1 N–H and O–H groups in total. The number of aryl methyl sites for hydroxylation is 1. The fraction of sp³-hybridized carbons (Fsp3) is 0.417. The number of aromatic carboxylic acids is 1. The molecule has 0 amide bonds. The van der Waals surface area contributed by atoms with Gasteiger partial charge in [-0.2, -0.15) is 0 Å². The first kappa shape index (κ1) is 10.5. The van der Waals surface area contributed by atoms with Gasteiger partial charge in [-0.1, -0.05) is 30.5 Å². The fourth-order valence-corrected chi connectivity index (χ4v) is 1.87. The first-order valence-electron chi connectivity index (χ1n) is 5.18. The molecule has 1 aliphatic carbocycles. The molecule has 3 heteroatoms. The number of rotatable bonds is 4. The molecule has 0 radical (unpaired) electrons. The Kier molecular flexibility index (Phi) is 2.96. The second-order valence-electron chi connectivity index (χ2n) is 4.10. The monoisotopic (exact) mass is 224 g/mol. The highest BCUT2D eigenvalue weighted by Gasteiger charge is 2.20. The summed E-state index contributed by atoms with van der Waals surface area (Å²) in [6, 6.07) is 5.28. The van der Waals surface area contributed by atoms with E-state index < -0.39 is 5.97 Å². The van der Waals surface area contributed by atoms with E-state index in [2.05, 4.69) is 0 Å². The summed E-state index contributed by atoms with van der Waals surface area (Å²) in [5.41, 5.74) is 1.29. The molecule has 0 spiro atoms. The molecule has 0 aromatic heterocycles. The maximum atomic E-state index is 10.8. The van der Waals surface area contributed by atoms with E-state index in [1.807, 2.05) is 6.07 Å². The predicted molar refractivity (Wildman–Crippen MR) is 59.5 cm³/mol. The summed E-state index contributed by atoms with van der Waals surface area (Å²) < 4.78 is 0. The minimum absolute atomic E-state index is 0.213. The lowest BCUT2D eigenvalue weighted by Gasteiger charge is -2.03. The fourth-order valence-electron chi connectivity index (χ4n) is 1.67. The largest absolute Gasteiger partial charge is 0.478 e. The van der Waals surface area contributed by atoms with Crippen molar-refractivity contribution in [2.24, 2.45) is 5.92 Å². The molecule has 80 valence electrons. The van der Waals surface area contributed by atoms with E-state index in [1.165, 1.54) is 19.3 Å². The minimum atomic E-state index is -0.951. The van der Waals surface area contributed by atoms with Crippen molar-refractivity contribution in [1.29, 1.82) is 0 Å². The quantitative estimate of drug-likeness (QED) is 0.851. The Morgan fingerprint density at radius 3 is 2.80 bits per heavy atom. The molecule has 1 saturated carbocycles. The molecule has 15 heavy (non-hydrogen) atoms. The van der Waals surface area contributed by atoms with Gasteiger partial charge in [0.15, 0.2) is 0 Å². The smallest absolute Gasteiger partial charge is 0.337 e. The third-order valence-electron chi connectivity index (χ3n) is 2.80. The molecule has 1 aromatic rings. The van der Waals surface area contributed by atoms with Gasteiger partial charge < -0.3 is 5.11 Å². The molecule has 0 unspecified atom stereocenters. The van der Waals surface area contributed by atoms with Crippen LogP contribution in [0.2, 0.25) is 5.02 Å². The van der Waals surface area contributed by atoms with Gasteiger partial charge in [-0.3, -0.25) is 0 Å². The van der Waals surface area contributed by atoms with Crippen molar-refractivity contribution in [3.05, 3.63) is 34.3 Å². The van der Waals surface area contributed by atoms with Crippen LogP contribution in [0.3, 0.4) is 0 Å². The third-order valence-corrected chi connectivity index (χ3v) is 3.13. The predicted octanol–water partition coefficient (Wildman–Crippen LogP) is 3.38. The van der Waals surface area contributed by atoms with E-state index in [0.29, 0.717) is 5.02 Å². The Morgan fingerprint density at radius 1 is 1.47 bits per heavy atom. The van der Waals surface area contributed by atoms with Crippen molar-refractivity contribution >= 4 is 17.6 Å². The highest BCUT2D eigenvalue weighted by atomic mass is 35.5. The van der Waals surface area contributed by atoms with Crippen molar-refractivity contribution < 1.29 is 9.90 Å². The summed E-state index contributed by atoms with van der Waals surface area (Å²) in [7, 11) is 0. The average Bonchev–Trinajstić information content (AvgIpc) is 3.00. The van der Waals surface area contributed by atoms with Crippen LogP contribution in [0.25, 0.3) is 0 Å². The van der Waals surface area contributed by atoms with Gasteiger partial charge in [0.2, 0.25) is 0 Å². The number of carbonyl (C=O) groups is 1. The van der Waals surface area contributed by atoms with Crippen LogP contribution in [0.5, 0.6) is 0 Å². The number of benzene rings is 1. The zero-order valence-electron chi connectivity index (χ0n) is 8.37. The molecular weight excluding hydrogens is 212 g/mol. The summed E-state index contributed by atoms with van der Waals surface area (Å²) in [5.74, 6) is -0.0813. The van der Waals surface area contributed by atoms with Crippen molar-refractivity contribution in [2.45, 2.75) is 25.7 Å². The van der Waals surface area contributed by atoms with Crippen molar-refractivity contribution in [3.8, 4) is 0 Å². The molecule has 1 aliphatic rings. The van der Waals surface area contributed by atoms with Gasteiger partial charge in [0.25, 0.3) is 0 Å². The molecule has 0 bridgehead atoms. The van der Waals surface area contributed by atoms with Crippen LogP contribution >= 0.6 is 11.6 Å². The van der Waals surface area contributed by atoms with Crippen LogP contribution in [0.15, 0.2) is 18.2 Å². The standard InChI is InChI=1S/C12H13ClO2/c13-11-6-5-9(4-3-8-1-2-8)7-10(11)12(14)15/h5-8H,1-4H2,(H,14,15). The lowest BCUT2D eigenvalue weighted by molar-refractivity contribution is 0.0697. The van der Waals surface area contributed by atoms with Gasteiger partial charge in [-0.25, -0.2) is 4.79 Å².